The predicted octanol–water partition coefficient (Wildman–Crippen LogP) is 2.85. The highest BCUT2D eigenvalue weighted by atomic mass is 32.2. The van der Waals surface area contributed by atoms with Crippen molar-refractivity contribution in [3.8, 4) is 0 Å². The van der Waals surface area contributed by atoms with Crippen LogP contribution in [-0.2, 0) is 10.0 Å². The third-order valence-electron chi connectivity index (χ3n) is 4.28. The van der Waals surface area contributed by atoms with Gasteiger partial charge in [0.25, 0.3) is 0 Å². The summed E-state index contributed by atoms with van der Waals surface area (Å²) in [4.78, 5) is 0.0735. The van der Waals surface area contributed by atoms with E-state index in [2.05, 4.69) is 13.8 Å². The minimum Gasteiger partial charge on any atom is -0.396 e. The minimum atomic E-state index is -3.59. The molecule has 6 heteroatoms. The Morgan fingerprint density at radius 3 is 2.62 bits per heavy atom. The van der Waals surface area contributed by atoms with E-state index >= 15 is 0 Å². The molecule has 0 radical (unpaired) electrons. The van der Waals surface area contributed by atoms with Crippen LogP contribution in [0.15, 0.2) is 23.1 Å². The Morgan fingerprint density at radius 2 is 2.00 bits per heavy atom. The molecule has 1 aliphatic heterocycles. The fourth-order valence-electron chi connectivity index (χ4n) is 2.83. The van der Waals surface area contributed by atoms with Crippen molar-refractivity contribution in [3.05, 3.63) is 24.0 Å². The summed E-state index contributed by atoms with van der Waals surface area (Å²) in [5, 5.41) is 0. The van der Waals surface area contributed by atoms with Gasteiger partial charge in [0.15, 0.2) is 0 Å². The molecule has 1 unspecified atom stereocenters. The first-order chi connectivity index (χ1) is 9.82. The standard InChI is InChI=1S/C15H23FN2O2S/c1-11(2)12-4-3-8-18(9-7-12)21(19,20)13-5-6-14(16)15(17)10-13/h5-6,10-12H,3-4,7-9,17H2,1-2H3. The lowest BCUT2D eigenvalue weighted by molar-refractivity contribution is 0.341. The second-order valence-electron chi connectivity index (χ2n) is 6.02. The number of hydrogen-bond donors (Lipinski definition) is 1. The molecule has 1 heterocycles. The maximum absolute atomic E-state index is 13.2. The van der Waals surface area contributed by atoms with Gasteiger partial charge in [-0.05, 0) is 49.3 Å². The van der Waals surface area contributed by atoms with Gasteiger partial charge in [-0.15, -0.1) is 0 Å². The van der Waals surface area contributed by atoms with Crippen molar-refractivity contribution in [2.45, 2.75) is 38.0 Å². The predicted molar refractivity (Wildman–Crippen MR) is 81.8 cm³/mol. The summed E-state index contributed by atoms with van der Waals surface area (Å²) < 4.78 is 40.0. The molecule has 1 aromatic carbocycles. The van der Waals surface area contributed by atoms with Crippen LogP contribution >= 0.6 is 0 Å². The second kappa shape index (κ2) is 6.32. The first-order valence-corrected chi connectivity index (χ1v) is 8.81. The van der Waals surface area contributed by atoms with E-state index in [9.17, 15) is 12.8 Å². The number of nitrogens with two attached hydrogens (primary N) is 1. The molecule has 21 heavy (non-hydrogen) atoms. The lowest BCUT2D eigenvalue weighted by atomic mass is 9.89. The molecule has 2 N–H and O–H groups in total. The molecular weight excluding hydrogens is 291 g/mol. The first kappa shape index (κ1) is 16.2. The molecule has 0 spiro atoms. The van der Waals surface area contributed by atoms with E-state index in [1.54, 1.807) is 0 Å². The Bertz CT molecular complexity index is 602. The average molecular weight is 314 g/mol. The molecule has 0 aromatic heterocycles. The summed E-state index contributed by atoms with van der Waals surface area (Å²) >= 11 is 0. The van der Waals surface area contributed by atoms with Crippen molar-refractivity contribution in [3.63, 3.8) is 0 Å². The van der Waals surface area contributed by atoms with Gasteiger partial charge < -0.3 is 5.73 Å². The van der Waals surface area contributed by atoms with Gasteiger partial charge in [-0.1, -0.05) is 13.8 Å². The van der Waals surface area contributed by atoms with Crippen molar-refractivity contribution in [2.75, 3.05) is 18.8 Å². The van der Waals surface area contributed by atoms with Crippen LogP contribution in [0.1, 0.15) is 33.1 Å². The van der Waals surface area contributed by atoms with E-state index in [0.717, 1.165) is 25.3 Å². The van der Waals surface area contributed by atoms with Gasteiger partial charge in [-0.3, -0.25) is 0 Å². The Hall–Kier alpha value is -1.14. The van der Waals surface area contributed by atoms with Gasteiger partial charge in [0.2, 0.25) is 10.0 Å². The molecule has 0 bridgehead atoms. The van der Waals surface area contributed by atoms with Crippen LogP contribution in [0.5, 0.6) is 0 Å². The van der Waals surface area contributed by atoms with Crippen LogP contribution in [-0.4, -0.2) is 25.8 Å². The van der Waals surface area contributed by atoms with Gasteiger partial charge in [0, 0.05) is 13.1 Å². The van der Waals surface area contributed by atoms with Crippen LogP contribution in [0, 0.1) is 17.7 Å². The largest absolute Gasteiger partial charge is 0.396 e. The molecular formula is C15H23FN2O2S. The summed E-state index contributed by atoms with van der Waals surface area (Å²) in [6, 6.07) is 3.60. The highest BCUT2D eigenvalue weighted by molar-refractivity contribution is 7.89. The van der Waals surface area contributed by atoms with Crippen molar-refractivity contribution in [1.82, 2.24) is 4.31 Å². The van der Waals surface area contributed by atoms with Crippen LogP contribution in [0.3, 0.4) is 0 Å². The number of rotatable bonds is 3. The molecule has 0 saturated carbocycles. The second-order valence-corrected chi connectivity index (χ2v) is 7.96. The van der Waals surface area contributed by atoms with Crippen molar-refractivity contribution >= 4 is 15.7 Å². The van der Waals surface area contributed by atoms with E-state index in [4.69, 9.17) is 5.73 Å². The van der Waals surface area contributed by atoms with E-state index in [-0.39, 0.29) is 10.6 Å². The van der Waals surface area contributed by atoms with E-state index < -0.39 is 15.8 Å². The number of hydrogen-bond acceptors (Lipinski definition) is 3. The molecule has 1 atom stereocenters. The molecule has 4 nitrogen and oxygen atoms in total. The highest BCUT2D eigenvalue weighted by Gasteiger charge is 2.28. The van der Waals surface area contributed by atoms with Gasteiger partial charge in [-0.25, -0.2) is 12.8 Å². The molecule has 0 aliphatic carbocycles. The summed E-state index contributed by atoms with van der Waals surface area (Å²) in [7, 11) is -3.59. The third-order valence-corrected chi connectivity index (χ3v) is 6.17. The zero-order valence-corrected chi connectivity index (χ0v) is 13.4. The van der Waals surface area contributed by atoms with Crippen molar-refractivity contribution < 1.29 is 12.8 Å². The quantitative estimate of drug-likeness (QED) is 0.873. The zero-order chi connectivity index (χ0) is 15.6. The van der Waals surface area contributed by atoms with Crippen LogP contribution in [0.25, 0.3) is 0 Å². The summed E-state index contributed by atoms with van der Waals surface area (Å²) in [6.07, 6.45) is 2.78. The minimum absolute atomic E-state index is 0.0735. The summed E-state index contributed by atoms with van der Waals surface area (Å²) in [5.74, 6) is 0.530. The van der Waals surface area contributed by atoms with Gasteiger partial charge in [0.05, 0.1) is 10.6 Å². The number of halogens is 1. The first-order valence-electron chi connectivity index (χ1n) is 7.37. The van der Waals surface area contributed by atoms with Crippen molar-refractivity contribution in [2.24, 2.45) is 11.8 Å². The fraction of sp³-hybridized carbons (Fsp3) is 0.600. The normalized spacial score (nSPS) is 21.4. The Labute approximate surface area is 126 Å². The Balaban J connectivity index is 2.21. The molecule has 1 fully saturated rings. The lowest BCUT2D eigenvalue weighted by Gasteiger charge is -2.21. The van der Waals surface area contributed by atoms with Crippen LogP contribution in [0.2, 0.25) is 0 Å². The SMILES string of the molecule is CC(C)C1CCCN(S(=O)(=O)c2ccc(F)c(N)c2)CC1. The molecule has 1 aromatic rings. The monoisotopic (exact) mass is 314 g/mol. The maximum Gasteiger partial charge on any atom is 0.243 e. The Morgan fingerprint density at radius 1 is 1.29 bits per heavy atom. The summed E-state index contributed by atoms with van der Waals surface area (Å²) in [6.45, 7) is 5.39. The highest BCUT2D eigenvalue weighted by Crippen LogP contribution is 2.28. The molecule has 2 rings (SSSR count). The molecule has 118 valence electrons. The number of sulfonamides is 1. The number of nitrogens with zero attached hydrogens (tertiary/aromatic N) is 1. The zero-order valence-electron chi connectivity index (χ0n) is 12.5. The van der Waals surface area contributed by atoms with Crippen LogP contribution < -0.4 is 5.73 Å². The van der Waals surface area contributed by atoms with Gasteiger partial charge >= 0.3 is 0 Å². The maximum atomic E-state index is 13.2. The Kier molecular flexibility index (Phi) is 4.88. The van der Waals surface area contributed by atoms with E-state index in [0.29, 0.717) is 24.9 Å². The summed E-state index contributed by atoms with van der Waals surface area (Å²) in [5.41, 5.74) is 5.35. The van der Waals surface area contributed by atoms with E-state index in [1.165, 1.54) is 16.4 Å². The molecule has 1 aliphatic rings. The molecule has 1 saturated heterocycles. The van der Waals surface area contributed by atoms with E-state index in [1.807, 2.05) is 0 Å². The van der Waals surface area contributed by atoms with Gasteiger partial charge in [-0.2, -0.15) is 4.31 Å². The topological polar surface area (TPSA) is 63.4 Å². The number of nitrogen functional groups attached to an aromatic ring is 1. The number of benzene rings is 1. The van der Waals surface area contributed by atoms with Gasteiger partial charge in [0.1, 0.15) is 5.82 Å². The number of anilines is 1. The lowest BCUT2D eigenvalue weighted by Crippen LogP contribution is -2.32. The third kappa shape index (κ3) is 3.55. The average Bonchev–Trinajstić information content (AvgIpc) is 2.68. The van der Waals surface area contributed by atoms with Crippen LogP contribution in [0.4, 0.5) is 10.1 Å². The molecule has 0 amide bonds. The van der Waals surface area contributed by atoms with Crippen molar-refractivity contribution in [1.29, 1.82) is 0 Å². The smallest absolute Gasteiger partial charge is 0.243 e. The fourth-order valence-corrected chi connectivity index (χ4v) is 4.36.